The number of carbonyl (C=O) groups is 2. The fraction of sp³-hybridized carbons (Fsp3) is 0.500. The first-order valence-electron chi connectivity index (χ1n) is 7.05. The molecular formula is C16H25N3O2. The van der Waals surface area contributed by atoms with Gasteiger partial charge in [0.25, 0.3) is 0 Å². The number of hydrogen-bond donors (Lipinski definition) is 3. The lowest BCUT2D eigenvalue weighted by atomic mass is 9.93. The SMILES string of the molecule is CC(=O)NCc1cc(CNC(C)=O)cc(CC(C)(C)N)c1. The van der Waals surface area contributed by atoms with Crippen LogP contribution in [-0.4, -0.2) is 17.4 Å². The first-order chi connectivity index (χ1) is 9.65. The summed E-state index contributed by atoms with van der Waals surface area (Å²) in [6.07, 6.45) is 0.730. The van der Waals surface area contributed by atoms with Gasteiger partial charge in [-0.1, -0.05) is 18.2 Å². The second-order valence-electron chi connectivity index (χ2n) is 6.14. The van der Waals surface area contributed by atoms with Crippen molar-refractivity contribution < 1.29 is 9.59 Å². The Morgan fingerprint density at radius 3 is 1.67 bits per heavy atom. The van der Waals surface area contributed by atoms with Crippen LogP contribution in [0.1, 0.15) is 44.4 Å². The molecule has 5 heteroatoms. The molecule has 0 heterocycles. The zero-order valence-corrected chi connectivity index (χ0v) is 13.2. The molecule has 1 aromatic rings. The van der Waals surface area contributed by atoms with Gasteiger partial charge >= 0.3 is 0 Å². The van der Waals surface area contributed by atoms with E-state index in [4.69, 9.17) is 5.73 Å². The molecule has 0 aromatic heterocycles. The Hall–Kier alpha value is -1.88. The third kappa shape index (κ3) is 7.46. The maximum Gasteiger partial charge on any atom is 0.217 e. The molecule has 21 heavy (non-hydrogen) atoms. The summed E-state index contributed by atoms with van der Waals surface area (Å²) in [5.74, 6) is -0.133. The number of amides is 2. The van der Waals surface area contributed by atoms with Crippen molar-refractivity contribution in [3.63, 3.8) is 0 Å². The zero-order chi connectivity index (χ0) is 16.0. The molecule has 0 fully saturated rings. The second-order valence-corrected chi connectivity index (χ2v) is 6.14. The maximum absolute atomic E-state index is 11.0. The lowest BCUT2D eigenvalue weighted by Gasteiger charge is -2.20. The van der Waals surface area contributed by atoms with Crippen LogP contribution in [0.3, 0.4) is 0 Å². The van der Waals surface area contributed by atoms with Crippen molar-refractivity contribution in [1.29, 1.82) is 0 Å². The van der Waals surface area contributed by atoms with Crippen LogP contribution in [-0.2, 0) is 29.1 Å². The predicted molar refractivity (Wildman–Crippen MR) is 83.5 cm³/mol. The van der Waals surface area contributed by atoms with Gasteiger partial charge in [0.15, 0.2) is 0 Å². The van der Waals surface area contributed by atoms with E-state index < -0.39 is 0 Å². The van der Waals surface area contributed by atoms with Gasteiger partial charge in [-0.25, -0.2) is 0 Å². The molecule has 0 aliphatic heterocycles. The van der Waals surface area contributed by atoms with Crippen LogP contribution >= 0.6 is 0 Å². The molecule has 0 spiro atoms. The molecule has 1 rings (SSSR count). The Labute approximate surface area is 126 Å². The van der Waals surface area contributed by atoms with E-state index in [-0.39, 0.29) is 17.4 Å². The summed E-state index contributed by atoms with van der Waals surface area (Å²) in [5, 5.41) is 5.57. The largest absolute Gasteiger partial charge is 0.352 e. The van der Waals surface area contributed by atoms with Crippen LogP contribution in [0.15, 0.2) is 18.2 Å². The fourth-order valence-corrected chi connectivity index (χ4v) is 2.12. The molecule has 1 aromatic carbocycles. The van der Waals surface area contributed by atoms with E-state index in [1.807, 2.05) is 32.0 Å². The molecule has 0 radical (unpaired) electrons. The second kappa shape index (κ2) is 7.22. The molecule has 116 valence electrons. The van der Waals surface area contributed by atoms with Gasteiger partial charge in [-0.2, -0.15) is 0 Å². The molecule has 0 aliphatic rings. The van der Waals surface area contributed by atoms with Crippen LogP contribution in [0.2, 0.25) is 0 Å². The van der Waals surface area contributed by atoms with Crippen molar-refractivity contribution in [2.45, 2.75) is 52.7 Å². The summed E-state index contributed by atoms with van der Waals surface area (Å²) < 4.78 is 0. The van der Waals surface area contributed by atoms with E-state index in [0.717, 1.165) is 23.1 Å². The Morgan fingerprint density at radius 1 is 0.952 bits per heavy atom. The summed E-state index contributed by atoms with van der Waals surface area (Å²) in [5.41, 5.74) is 8.88. The predicted octanol–water partition coefficient (Wildman–Crippen LogP) is 1.24. The Kier molecular flexibility index (Phi) is 5.90. The van der Waals surface area contributed by atoms with Gasteiger partial charge < -0.3 is 16.4 Å². The number of benzene rings is 1. The summed E-state index contributed by atoms with van der Waals surface area (Å²) >= 11 is 0. The number of hydrogen-bond acceptors (Lipinski definition) is 3. The van der Waals surface area contributed by atoms with Gasteiger partial charge in [0, 0.05) is 32.5 Å². The first-order valence-corrected chi connectivity index (χ1v) is 7.05. The Balaban J connectivity index is 2.95. The number of nitrogens with one attached hydrogen (secondary N) is 2. The summed E-state index contributed by atoms with van der Waals surface area (Å²) in [6, 6.07) is 6.07. The lowest BCUT2D eigenvalue weighted by Crippen LogP contribution is -2.34. The van der Waals surface area contributed by atoms with Gasteiger partial charge in [0.2, 0.25) is 11.8 Å². The van der Waals surface area contributed by atoms with E-state index in [0.29, 0.717) is 13.1 Å². The molecule has 4 N–H and O–H groups in total. The molecule has 0 saturated heterocycles. The maximum atomic E-state index is 11.0. The minimum atomic E-state index is -0.308. The van der Waals surface area contributed by atoms with E-state index >= 15 is 0 Å². The van der Waals surface area contributed by atoms with Crippen LogP contribution in [0, 0.1) is 0 Å². The minimum Gasteiger partial charge on any atom is -0.352 e. The van der Waals surface area contributed by atoms with Crippen molar-refractivity contribution in [3.05, 3.63) is 34.9 Å². The summed E-state index contributed by atoms with van der Waals surface area (Å²) in [6.45, 7) is 7.88. The highest BCUT2D eigenvalue weighted by atomic mass is 16.1. The first kappa shape index (κ1) is 17.2. The normalized spacial score (nSPS) is 11.1. The highest BCUT2D eigenvalue weighted by Gasteiger charge is 2.13. The third-order valence-corrected chi connectivity index (χ3v) is 2.86. The quantitative estimate of drug-likeness (QED) is 0.737. The molecular weight excluding hydrogens is 266 g/mol. The average molecular weight is 291 g/mol. The zero-order valence-electron chi connectivity index (χ0n) is 13.2. The molecule has 0 bridgehead atoms. The lowest BCUT2D eigenvalue weighted by molar-refractivity contribution is -0.119. The number of carbonyl (C=O) groups excluding carboxylic acids is 2. The van der Waals surface area contributed by atoms with Crippen molar-refractivity contribution in [1.82, 2.24) is 10.6 Å². The van der Waals surface area contributed by atoms with Crippen molar-refractivity contribution in [2.24, 2.45) is 5.73 Å². The van der Waals surface area contributed by atoms with E-state index in [1.54, 1.807) is 0 Å². The number of rotatable bonds is 6. The Morgan fingerprint density at radius 2 is 1.33 bits per heavy atom. The average Bonchev–Trinajstić information content (AvgIpc) is 2.31. The topological polar surface area (TPSA) is 84.2 Å². The summed E-state index contributed by atoms with van der Waals surface area (Å²) in [7, 11) is 0. The highest BCUT2D eigenvalue weighted by molar-refractivity contribution is 5.73. The molecule has 0 unspecified atom stereocenters. The van der Waals surface area contributed by atoms with Gasteiger partial charge in [-0.3, -0.25) is 9.59 Å². The smallest absolute Gasteiger partial charge is 0.217 e. The molecule has 5 nitrogen and oxygen atoms in total. The van der Waals surface area contributed by atoms with Crippen LogP contribution in [0.5, 0.6) is 0 Å². The molecule has 2 amide bonds. The van der Waals surface area contributed by atoms with Crippen molar-refractivity contribution in [3.8, 4) is 0 Å². The van der Waals surface area contributed by atoms with E-state index in [2.05, 4.69) is 10.6 Å². The van der Waals surface area contributed by atoms with Gasteiger partial charge in [0.1, 0.15) is 0 Å². The highest BCUT2D eigenvalue weighted by Crippen LogP contribution is 2.15. The van der Waals surface area contributed by atoms with E-state index in [1.165, 1.54) is 13.8 Å². The van der Waals surface area contributed by atoms with E-state index in [9.17, 15) is 9.59 Å². The number of nitrogens with two attached hydrogens (primary N) is 1. The monoisotopic (exact) mass is 291 g/mol. The van der Waals surface area contributed by atoms with Crippen LogP contribution in [0.25, 0.3) is 0 Å². The fourth-order valence-electron chi connectivity index (χ4n) is 2.12. The van der Waals surface area contributed by atoms with Crippen molar-refractivity contribution in [2.75, 3.05) is 0 Å². The standard InChI is InChI=1S/C16H25N3O2/c1-11(20)18-9-14-5-13(8-16(3,4)17)6-15(7-14)10-19-12(2)21/h5-7H,8-10,17H2,1-4H3,(H,18,20)(H,19,21). The van der Waals surface area contributed by atoms with Crippen LogP contribution in [0.4, 0.5) is 0 Å². The molecule has 0 atom stereocenters. The Bertz CT molecular complexity index is 482. The molecule has 0 aliphatic carbocycles. The third-order valence-electron chi connectivity index (χ3n) is 2.86. The van der Waals surface area contributed by atoms with Crippen molar-refractivity contribution >= 4 is 11.8 Å². The summed E-state index contributed by atoms with van der Waals surface area (Å²) in [4.78, 5) is 22.1. The van der Waals surface area contributed by atoms with Gasteiger partial charge in [0.05, 0.1) is 0 Å². The van der Waals surface area contributed by atoms with Gasteiger partial charge in [-0.15, -0.1) is 0 Å². The van der Waals surface area contributed by atoms with Crippen LogP contribution < -0.4 is 16.4 Å². The molecule has 0 saturated carbocycles. The minimum absolute atomic E-state index is 0.0667. The van der Waals surface area contributed by atoms with Gasteiger partial charge in [-0.05, 0) is 37.0 Å².